The van der Waals surface area contributed by atoms with E-state index in [-0.39, 0.29) is 6.61 Å². The predicted molar refractivity (Wildman–Crippen MR) is 92.4 cm³/mol. The van der Waals surface area contributed by atoms with E-state index in [1.54, 1.807) is 18.6 Å². The maximum absolute atomic E-state index is 8.98. The summed E-state index contributed by atoms with van der Waals surface area (Å²) >= 11 is 0. The molecule has 0 atom stereocenters. The van der Waals surface area contributed by atoms with Gasteiger partial charge in [0, 0.05) is 37.7 Å². The van der Waals surface area contributed by atoms with Gasteiger partial charge in [-0.3, -0.25) is 9.97 Å². The number of nitrogens with one attached hydrogen (secondary N) is 2. The molecule has 3 heterocycles. The Morgan fingerprint density at radius 2 is 1.92 bits per heavy atom. The van der Waals surface area contributed by atoms with Crippen LogP contribution in [0.5, 0.6) is 0 Å². The first-order chi connectivity index (χ1) is 11.8. The molecule has 24 heavy (non-hydrogen) atoms. The van der Waals surface area contributed by atoms with Gasteiger partial charge >= 0.3 is 0 Å². The number of anilines is 2. The maximum Gasteiger partial charge on any atom is 0.225 e. The highest BCUT2D eigenvalue weighted by molar-refractivity contribution is 5.60. The first kappa shape index (κ1) is 15.8. The number of rotatable bonds is 7. The van der Waals surface area contributed by atoms with Crippen molar-refractivity contribution in [2.75, 3.05) is 23.8 Å². The summed E-state index contributed by atoms with van der Waals surface area (Å²) in [4.78, 5) is 17.3. The second-order valence-electron chi connectivity index (χ2n) is 5.04. The highest BCUT2D eigenvalue weighted by Crippen LogP contribution is 2.19. The molecule has 3 aromatic rings. The standard InChI is InChI=1S/C17H18N6O/c24-9-8-20-17-22-15(14-5-1-2-7-19-14)10-16(23-17)21-12-13-4-3-6-18-11-13/h1-7,10-11,24H,8-9,12H2,(H2,20,21,22,23). The van der Waals surface area contributed by atoms with Crippen LogP contribution in [0.15, 0.2) is 55.0 Å². The lowest BCUT2D eigenvalue weighted by Crippen LogP contribution is -2.11. The van der Waals surface area contributed by atoms with E-state index in [1.807, 2.05) is 36.4 Å². The molecule has 0 aliphatic carbocycles. The van der Waals surface area contributed by atoms with Gasteiger partial charge in [-0.15, -0.1) is 0 Å². The van der Waals surface area contributed by atoms with Crippen molar-refractivity contribution in [1.82, 2.24) is 19.9 Å². The monoisotopic (exact) mass is 322 g/mol. The summed E-state index contributed by atoms with van der Waals surface area (Å²) in [5.41, 5.74) is 2.52. The topological polar surface area (TPSA) is 95.8 Å². The summed E-state index contributed by atoms with van der Waals surface area (Å²) in [6.07, 6.45) is 5.27. The van der Waals surface area contributed by atoms with Gasteiger partial charge in [0.15, 0.2) is 0 Å². The average molecular weight is 322 g/mol. The molecule has 0 amide bonds. The second-order valence-corrected chi connectivity index (χ2v) is 5.04. The first-order valence-electron chi connectivity index (χ1n) is 7.63. The summed E-state index contributed by atoms with van der Waals surface area (Å²) in [6.45, 7) is 0.995. The zero-order chi connectivity index (χ0) is 16.6. The van der Waals surface area contributed by atoms with Crippen LogP contribution in [0.1, 0.15) is 5.56 Å². The highest BCUT2D eigenvalue weighted by Gasteiger charge is 2.07. The Bertz CT molecular complexity index is 767. The predicted octanol–water partition coefficient (Wildman–Crippen LogP) is 1.95. The second kappa shape index (κ2) is 7.98. The zero-order valence-electron chi connectivity index (χ0n) is 13.1. The molecule has 3 rings (SSSR count). The van der Waals surface area contributed by atoms with Crippen LogP contribution in [-0.4, -0.2) is 38.2 Å². The molecule has 0 radical (unpaired) electrons. The minimum Gasteiger partial charge on any atom is -0.395 e. The first-order valence-corrected chi connectivity index (χ1v) is 7.63. The minimum atomic E-state index is 0.00954. The number of hydrogen-bond donors (Lipinski definition) is 3. The number of aliphatic hydroxyl groups excluding tert-OH is 1. The lowest BCUT2D eigenvalue weighted by Gasteiger charge is -2.10. The molecule has 0 aromatic carbocycles. The molecule has 0 bridgehead atoms. The lowest BCUT2D eigenvalue weighted by atomic mass is 10.2. The van der Waals surface area contributed by atoms with Gasteiger partial charge in [0.25, 0.3) is 0 Å². The van der Waals surface area contributed by atoms with Gasteiger partial charge in [0.05, 0.1) is 18.0 Å². The number of aliphatic hydroxyl groups is 1. The van der Waals surface area contributed by atoms with Crippen LogP contribution >= 0.6 is 0 Å². The quantitative estimate of drug-likeness (QED) is 0.612. The molecule has 7 heteroatoms. The number of aromatic nitrogens is 4. The van der Waals surface area contributed by atoms with Crippen molar-refractivity contribution in [3.05, 3.63) is 60.6 Å². The van der Waals surface area contributed by atoms with E-state index in [0.29, 0.717) is 30.5 Å². The van der Waals surface area contributed by atoms with Crippen molar-refractivity contribution < 1.29 is 5.11 Å². The molecule has 0 saturated heterocycles. The van der Waals surface area contributed by atoms with Crippen LogP contribution in [0.4, 0.5) is 11.8 Å². The van der Waals surface area contributed by atoms with E-state index in [9.17, 15) is 0 Å². The molecule has 7 nitrogen and oxygen atoms in total. The summed E-state index contributed by atoms with van der Waals surface area (Å²) in [5.74, 6) is 1.12. The normalized spacial score (nSPS) is 10.4. The molecule has 3 N–H and O–H groups in total. The third kappa shape index (κ3) is 4.23. The minimum absolute atomic E-state index is 0.00954. The highest BCUT2D eigenvalue weighted by atomic mass is 16.3. The summed E-state index contributed by atoms with van der Waals surface area (Å²) in [6, 6.07) is 11.4. The molecule has 0 fully saturated rings. The lowest BCUT2D eigenvalue weighted by molar-refractivity contribution is 0.311. The van der Waals surface area contributed by atoms with Gasteiger partial charge in [0.2, 0.25) is 5.95 Å². The maximum atomic E-state index is 8.98. The van der Waals surface area contributed by atoms with Crippen LogP contribution in [-0.2, 0) is 6.54 Å². The fourth-order valence-corrected chi connectivity index (χ4v) is 2.13. The van der Waals surface area contributed by atoms with Crippen LogP contribution in [0.25, 0.3) is 11.4 Å². The van der Waals surface area contributed by atoms with Gasteiger partial charge < -0.3 is 15.7 Å². The SMILES string of the molecule is OCCNc1nc(NCc2cccnc2)cc(-c2ccccn2)n1. The third-order valence-electron chi connectivity index (χ3n) is 3.24. The van der Waals surface area contributed by atoms with Crippen molar-refractivity contribution in [3.8, 4) is 11.4 Å². The molecule has 0 unspecified atom stereocenters. The van der Waals surface area contributed by atoms with E-state index < -0.39 is 0 Å². The van der Waals surface area contributed by atoms with E-state index in [1.165, 1.54) is 0 Å². The molecular formula is C17H18N6O. The largest absolute Gasteiger partial charge is 0.395 e. The van der Waals surface area contributed by atoms with Gasteiger partial charge in [-0.05, 0) is 23.8 Å². The van der Waals surface area contributed by atoms with E-state index in [4.69, 9.17) is 5.11 Å². The van der Waals surface area contributed by atoms with Gasteiger partial charge in [0.1, 0.15) is 5.82 Å². The Labute approximate surface area is 139 Å². The molecule has 0 saturated carbocycles. The molecule has 0 aliphatic rings. The van der Waals surface area contributed by atoms with Crippen LogP contribution < -0.4 is 10.6 Å². The van der Waals surface area contributed by atoms with E-state index in [0.717, 1.165) is 11.3 Å². The molecular weight excluding hydrogens is 304 g/mol. The van der Waals surface area contributed by atoms with Crippen molar-refractivity contribution >= 4 is 11.8 Å². The van der Waals surface area contributed by atoms with E-state index in [2.05, 4.69) is 30.6 Å². The summed E-state index contributed by atoms with van der Waals surface area (Å²) in [5, 5.41) is 15.2. The van der Waals surface area contributed by atoms with Crippen molar-refractivity contribution in [3.63, 3.8) is 0 Å². The molecule has 0 spiro atoms. The van der Waals surface area contributed by atoms with Crippen LogP contribution in [0, 0.1) is 0 Å². The van der Waals surface area contributed by atoms with Crippen molar-refractivity contribution in [1.29, 1.82) is 0 Å². The third-order valence-corrected chi connectivity index (χ3v) is 3.24. The Balaban J connectivity index is 1.84. The van der Waals surface area contributed by atoms with E-state index >= 15 is 0 Å². The van der Waals surface area contributed by atoms with Gasteiger partial charge in [-0.25, -0.2) is 4.98 Å². The fourth-order valence-electron chi connectivity index (χ4n) is 2.13. The van der Waals surface area contributed by atoms with Crippen LogP contribution in [0.2, 0.25) is 0 Å². The molecule has 3 aromatic heterocycles. The zero-order valence-corrected chi connectivity index (χ0v) is 13.1. The number of nitrogens with zero attached hydrogens (tertiary/aromatic N) is 4. The fraction of sp³-hybridized carbons (Fsp3) is 0.176. The Hall–Kier alpha value is -3.06. The molecule has 122 valence electrons. The Kier molecular flexibility index (Phi) is 5.26. The Morgan fingerprint density at radius 3 is 2.67 bits per heavy atom. The Morgan fingerprint density at radius 1 is 0.958 bits per heavy atom. The molecule has 0 aliphatic heterocycles. The summed E-state index contributed by atoms with van der Waals surface area (Å²) in [7, 11) is 0. The average Bonchev–Trinajstić information content (AvgIpc) is 2.66. The smallest absolute Gasteiger partial charge is 0.225 e. The number of hydrogen-bond acceptors (Lipinski definition) is 7. The summed E-state index contributed by atoms with van der Waals surface area (Å²) < 4.78 is 0. The number of pyridine rings is 2. The van der Waals surface area contributed by atoms with Crippen molar-refractivity contribution in [2.45, 2.75) is 6.54 Å². The van der Waals surface area contributed by atoms with Crippen molar-refractivity contribution in [2.24, 2.45) is 0 Å². The van der Waals surface area contributed by atoms with Gasteiger partial charge in [-0.1, -0.05) is 12.1 Å². The van der Waals surface area contributed by atoms with Gasteiger partial charge in [-0.2, -0.15) is 4.98 Å². The van der Waals surface area contributed by atoms with Crippen LogP contribution in [0.3, 0.4) is 0 Å².